The molecule has 6 rings (SSSR count). The van der Waals surface area contributed by atoms with E-state index in [0.29, 0.717) is 0 Å². The van der Waals surface area contributed by atoms with Crippen LogP contribution in [-0.2, 0) is 0 Å². The summed E-state index contributed by atoms with van der Waals surface area (Å²) in [7, 11) is 0. The van der Waals surface area contributed by atoms with Crippen molar-refractivity contribution in [2.75, 3.05) is 0 Å². The lowest BCUT2D eigenvalue weighted by Crippen LogP contribution is -1.83. The fourth-order valence-electron chi connectivity index (χ4n) is 4.50. The van der Waals surface area contributed by atoms with Crippen LogP contribution in [0, 0.1) is 0 Å². The van der Waals surface area contributed by atoms with E-state index in [0.717, 1.165) is 17.9 Å². The molecule has 2 aliphatic carbocycles. The van der Waals surface area contributed by atoms with Gasteiger partial charge in [-0.3, -0.25) is 0 Å². The highest BCUT2D eigenvalue weighted by Crippen LogP contribution is 2.45. The summed E-state index contributed by atoms with van der Waals surface area (Å²) in [5, 5.41) is 0. The van der Waals surface area contributed by atoms with Crippen LogP contribution in [0.4, 0.5) is 0 Å². The van der Waals surface area contributed by atoms with Crippen molar-refractivity contribution in [3.8, 4) is 0 Å². The van der Waals surface area contributed by atoms with Crippen molar-refractivity contribution in [1.29, 1.82) is 0 Å². The Kier molecular flexibility index (Phi) is 4.21. The monoisotopic (exact) mass is 400 g/mol. The van der Waals surface area contributed by atoms with Crippen LogP contribution in [0.15, 0.2) is 106 Å². The third-order valence-electron chi connectivity index (χ3n) is 5.89. The summed E-state index contributed by atoms with van der Waals surface area (Å²) in [6.07, 6.45) is 13.2. The van der Waals surface area contributed by atoms with Crippen molar-refractivity contribution in [3.63, 3.8) is 0 Å². The van der Waals surface area contributed by atoms with Crippen LogP contribution in [0.1, 0.15) is 40.2 Å². The molecule has 0 fully saturated rings. The predicted octanol–water partition coefficient (Wildman–Crippen LogP) is 7.84. The molecule has 0 N–H and O–H groups in total. The van der Waals surface area contributed by atoms with Gasteiger partial charge in [0, 0.05) is 0 Å². The Morgan fingerprint density at radius 1 is 0.548 bits per heavy atom. The third-order valence-corrected chi connectivity index (χ3v) is 5.89. The normalized spacial score (nSPS) is 18.6. The lowest BCUT2D eigenvalue weighted by Gasteiger charge is -2.04. The van der Waals surface area contributed by atoms with E-state index in [9.17, 15) is 0 Å². The highest BCUT2D eigenvalue weighted by Gasteiger charge is 2.23. The van der Waals surface area contributed by atoms with Crippen LogP contribution in [0.2, 0.25) is 0 Å². The molecule has 4 aromatic rings. The zero-order chi connectivity index (χ0) is 20.6. The number of hydrogen-bond acceptors (Lipinski definition) is 2. The fourth-order valence-corrected chi connectivity index (χ4v) is 4.50. The van der Waals surface area contributed by atoms with E-state index in [1.54, 1.807) is 12.5 Å². The Morgan fingerprint density at radius 2 is 1.13 bits per heavy atom. The summed E-state index contributed by atoms with van der Waals surface area (Å²) >= 11 is 0. The van der Waals surface area contributed by atoms with Crippen molar-refractivity contribution < 1.29 is 8.83 Å². The maximum atomic E-state index is 5.57. The van der Waals surface area contributed by atoms with Crippen LogP contribution >= 0.6 is 0 Å². The second kappa shape index (κ2) is 7.33. The van der Waals surface area contributed by atoms with Gasteiger partial charge >= 0.3 is 0 Å². The van der Waals surface area contributed by atoms with Gasteiger partial charge in [0.1, 0.15) is 11.5 Å². The van der Waals surface area contributed by atoms with E-state index in [1.807, 2.05) is 24.3 Å². The quantitative estimate of drug-likeness (QED) is 0.350. The SMILES string of the molecule is C1=C(/C=C2/C/C(=C\c3ccco3)c3ccccc32)c2ccccc2/C1=C\c1ccco1. The molecule has 148 valence electrons. The molecule has 0 radical (unpaired) electrons. The first-order chi connectivity index (χ1) is 15.3. The molecule has 0 saturated heterocycles. The molecule has 2 aliphatic rings. The van der Waals surface area contributed by atoms with Crippen LogP contribution in [0.5, 0.6) is 0 Å². The molecular formula is C29H20O2. The number of fused-ring (bicyclic) bond motifs is 2. The number of hydrogen-bond donors (Lipinski definition) is 0. The first-order valence-corrected chi connectivity index (χ1v) is 10.5. The molecule has 2 heterocycles. The molecule has 0 aliphatic heterocycles. The van der Waals surface area contributed by atoms with E-state index >= 15 is 0 Å². The molecule has 2 heteroatoms. The van der Waals surface area contributed by atoms with Crippen molar-refractivity contribution in [2.24, 2.45) is 0 Å². The lowest BCUT2D eigenvalue weighted by atomic mass is 10.0. The zero-order valence-electron chi connectivity index (χ0n) is 16.9. The summed E-state index contributed by atoms with van der Waals surface area (Å²) < 4.78 is 11.1. The number of rotatable bonds is 3. The standard InChI is InChI=1S/C29H20O2/c1-3-11-28-22(18-24-7-5-13-30-24)16-20(26(28)9-1)15-21-17-23(19-25-8-6-14-31-25)29-12-4-2-10-27(21)29/h1-16,18-19H,17H2/b21-15-,22-18-,23-19+. The van der Waals surface area contributed by atoms with Gasteiger partial charge in [-0.2, -0.15) is 0 Å². The van der Waals surface area contributed by atoms with Gasteiger partial charge in [-0.1, -0.05) is 54.6 Å². The molecule has 0 saturated carbocycles. The Balaban J connectivity index is 1.45. The Labute approximate surface area is 181 Å². The van der Waals surface area contributed by atoms with Crippen molar-refractivity contribution in [2.45, 2.75) is 6.42 Å². The molecule has 0 bridgehead atoms. The summed E-state index contributed by atoms with van der Waals surface area (Å²) in [6, 6.07) is 25.0. The summed E-state index contributed by atoms with van der Waals surface area (Å²) in [4.78, 5) is 0. The maximum Gasteiger partial charge on any atom is 0.127 e. The van der Waals surface area contributed by atoms with Crippen molar-refractivity contribution in [1.82, 2.24) is 0 Å². The van der Waals surface area contributed by atoms with Crippen molar-refractivity contribution in [3.05, 3.63) is 131 Å². The summed E-state index contributed by atoms with van der Waals surface area (Å²) in [5.74, 6) is 1.75. The van der Waals surface area contributed by atoms with Gasteiger partial charge in [-0.25, -0.2) is 0 Å². The number of furan rings is 2. The average Bonchev–Trinajstić information content (AvgIpc) is 3.59. The molecule has 0 atom stereocenters. The molecular weight excluding hydrogens is 380 g/mol. The summed E-state index contributed by atoms with van der Waals surface area (Å²) in [5.41, 5.74) is 10.1. The second-order valence-electron chi connectivity index (χ2n) is 7.84. The molecule has 2 nitrogen and oxygen atoms in total. The minimum Gasteiger partial charge on any atom is -0.465 e. The van der Waals surface area contributed by atoms with Gasteiger partial charge in [-0.05, 0) is 93.5 Å². The number of allylic oxidation sites excluding steroid dienone is 6. The second-order valence-corrected chi connectivity index (χ2v) is 7.84. The van der Waals surface area contributed by atoms with Crippen LogP contribution in [-0.4, -0.2) is 0 Å². The predicted molar refractivity (Wildman–Crippen MR) is 127 cm³/mol. The highest BCUT2D eigenvalue weighted by atomic mass is 16.3. The molecule has 31 heavy (non-hydrogen) atoms. The third kappa shape index (κ3) is 3.23. The first-order valence-electron chi connectivity index (χ1n) is 10.5. The summed E-state index contributed by atoms with van der Waals surface area (Å²) in [6.45, 7) is 0. The van der Waals surface area contributed by atoms with Gasteiger partial charge < -0.3 is 8.83 Å². The zero-order valence-corrected chi connectivity index (χ0v) is 16.9. The topological polar surface area (TPSA) is 26.3 Å². The Hall–Kier alpha value is -4.04. The largest absolute Gasteiger partial charge is 0.465 e. The lowest BCUT2D eigenvalue weighted by molar-refractivity contribution is 0.557. The van der Waals surface area contributed by atoms with Gasteiger partial charge in [-0.15, -0.1) is 0 Å². The average molecular weight is 400 g/mol. The fraction of sp³-hybridized carbons (Fsp3) is 0.0345. The number of benzene rings is 2. The van der Waals surface area contributed by atoms with E-state index in [1.165, 1.54) is 44.5 Å². The minimum absolute atomic E-state index is 0.866. The molecule has 0 spiro atoms. The van der Waals surface area contributed by atoms with E-state index in [-0.39, 0.29) is 0 Å². The first kappa shape index (κ1) is 17.8. The van der Waals surface area contributed by atoms with E-state index in [4.69, 9.17) is 8.83 Å². The van der Waals surface area contributed by atoms with E-state index < -0.39 is 0 Å². The van der Waals surface area contributed by atoms with Gasteiger partial charge in [0.15, 0.2) is 0 Å². The Bertz CT molecular complexity index is 1370. The molecule has 2 aromatic carbocycles. The van der Waals surface area contributed by atoms with Crippen molar-refractivity contribution >= 4 is 34.4 Å². The Morgan fingerprint density at radius 3 is 1.77 bits per heavy atom. The minimum atomic E-state index is 0.866. The van der Waals surface area contributed by atoms with E-state index in [2.05, 4.69) is 72.8 Å². The van der Waals surface area contributed by atoms with Gasteiger partial charge in [0.2, 0.25) is 0 Å². The molecule has 0 unspecified atom stereocenters. The van der Waals surface area contributed by atoms with Gasteiger partial charge in [0.25, 0.3) is 0 Å². The van der Waals surface area contributed by atoms with Crippen LogP contribution < -0.4 is 0 Å². The van der Waals surface area contributed by atoms with Crippen LogP contribution in [0.25, 0.3) is 34.4 Å². The smallest absolute Gasteiger partial charge is 0.127 e. The van der Waals surface area contributed by atoms with Crippen LogP contribution in [0.3, 0.4) is 0 Å². The van der Waals surface area contributed by atoms with Gasteiger partial charge in [0.05, 0.1) is 12.5 Å². The maximum absolute atomic E-state index is 5.57. The molecule has 2 aromatic heterocycles. The molecule has 0 amide bonds. The highest BCUT2D eigenvalue weighted by molar-refractivity contribution is 6.07.